The van der Waals surface area contributed by atoms with Gasteiger partial charge in [0.05, 0.1) is 12.0 Å². The van der Waals surface area contributed by atoms with Crippen LogP contribution in [0.5, 0.6) is 5.75 Å². The Balaban J connectivity index is 3.22. The second-order valence-electron chi connectivity index (χ2n) is 3.00. The highest BCUT2D eigenvalue weighted by Gasteiger charge is 2.09. The van der Waals surface area contributed by atoms with Gasteiger partial charge in [-0.2, -0.15) is 5.26 Å². The maximum atomic E-state index is 9.43. The normalized spacial score (nSPS) is 12.2. The molecule has 13 heavy (non-hydrogen) atoms. The van der Waals surface area contributed by atoms with Gasteiger partial charge in [-0.1, -0.05) is 11.6 Å². The molecular weight excluding hydrogens is 186 g/mol. The second kappa shape index (κ2) is 3.68. The van der Waals surface area contributed by atoms with E-state index >= 15 is 0 Å². The molecule has 0 saturated carbocycles. The quantitative estimate of drug-likeness (QED) is 0.749. The summed E-state index contributed by atoms with van der Waals surface area (Å²) in [5, 5.41) is 18.6. The Morgan fingerprint density at radius 2 is 2.15 bits per heavy atom. The second-order valence-corrected chi connectivity index (χ2v) is 3.40. The van der Waals surface area contributed by atoms with Crippen molar-refractivity contribution in [3.8, 4) is 11.8 Å². The third-order valence-electron chi connectivity index (χ3n) is 2.03. The number of nitriles is 1. The fourth-order valence-electron chi connectivity index (χ4n) is 1.01. The maximum Gasteiger partial charge on any atom is 0.120 e. The lowest BCUT2D eigenvalue weighted by Crippen LogP contribution is -1.90. The number of hydrogen-bond donors (Lipinski definition) is 1. The molecular formula is C10H10ClNO. The number of hydrogen-bond acceptors (Lipinski definition) is 2. The SMILES string of the molecule is Cc1c(O)cc(C(C)C#N)cc1Cl. The zero-order chi connectivity index (χ0) is 10.0. The highest BCUT2D eigenvalue weighted by molar-refractivity contribution is 6.31. The van der Waals surface area contributed by atoms with Crippen molar-refractivity contribution in [3.63, 3.8) is 0 Å². The van der Waals surface area contributed by atoms with Gasteiger partial charge in [-0.3, -0.25) is 0 Å². The fourth-order valence-corrected chi connectivity index (χ4v) is 1.23. The first-order valence-corrected chi connectivity index (χ1v) is 4.32. The van der Waals surface area contributed by atoms with Crippen molar-refractivity contribution in [1.29, 1.82) is 5.26 Å². The standard InChI is InChI=1S/C10H10ClNO/c1-6(5-12)8-3-9(11)7(2)10(13)4-8/h3-4,6,13H,1-2H3. The molecule has 3 heteroatoms. The summed E-state index contributed by atoms with van der Waals surface area (Å²) >= 11 is 5.85. The number of halogens is 1. The lowest BCUT2D eigenvalue weighted by Gasteiger charge is -2.07. The van der Waals surface area contributed by atoms with Crippen molar-refractivity contribution >= 4 is 11.6 Å². The van der Waals surface area contributed by atoms with Crippen LogP contribution in [0.1, 0.15) is 24.0 Å². The van der Waals surface area contributed by atoms with Crippen LogP contribution in [-0.2, 0) is 0 Å². The van der Waals surface area contributed by atoms with Gasteiger partial charge in [0.1, 0.15) is 5.75 Å². The van der Waals surface area contributed by atoms with Gasteiger partial charge in [-0.25, -0.2) is 0 Å². The van der Waals surface area contributed by atoms with E-state index in [0.717, 1.165) is 5.56 Å². The Morgan fingerprint density at radius 1 is 1.54 bits per heavy atom. The van der Waals surface area contributed by atoms with Crippen molar-refractivity contribution in [2.45, 2.75) is 19.8 Å². The summed E-state index contributed by atoms with van der Waals surface area (Å²) < 4.78 is 0. The van der Waals surface area contributed by atoms with Gasteiger partial charge in [0, 0.05) is 10.6 Å². The molecule has 1 atom stereocenters. The van der Waals surface area contributed by atoms with Crippen molar-refractivity contribution < 1.29 is 5.11 Å². The van der Waals surface area contributed by atoms with Crippen LogP contribution in [0.3, 0.4) is 0 Å². The van der Waals surface area contributed by atoms with Gasteiger partial charge < -0.3 is 5.11 Å². The molecule has 1 rings (SSSR count). The van der Waals surface area contributed by atoms with E-state index in [9.17, 15) is 5.11 Å². The topological polar surface area (TPSA) is 44.0 Å². The first kappa shape index (κ1) is 9.88. The first-order valence-electron chi connectivity index (χ1n) is 3.95. The van der Waals surface area contributed by atoms with Crippen LogP contribution in [0.25, 0.3) is 0 Å². The first-order chi connectivity index (χ1) is 6.06. The number of rotatable bonds is 1. The van der Waals surface area contributed by atoms with E-state index in [0.29, 0.717) is 10.6 Å². The molecule has 0 aliphatic heterocycles. The van der Waals surface area contributed by atoms with E-state index in [2.05, 4.69) is 6.07 Å². The Bertz CT molecular complexity index is 345. The van der Waals surface area contributed by atoms with Crippen molar-refractivity contribution in [2.75, 3.05) is 0 Å². The fraction of sp³-hybridized carbons (Fsp3) is 0.300. The predicted octanol–water partition coefficient (Wildman–Crippen LogP) is 2.98. The Labute approximate surface area is 82.4 Å². The molecule has 0 aromatic heterocycles. The van der Waals surface area contributed by atoms with Gasteiger partial charge in [0.2, 0.25) is 0 Å². The number of aromatic hydroxyl groups is 1. The molecule has 0 radical (unpaired) electrons. The van der Waals surface area contributed by atoms with E-state index in [1.54, 1.807) is 26.0 Å². The Hall–Kier alpha value is -1.20. The van der Waals surface area contributed by atoms with Crippen LogP contribution in [0.15, 0.2) is 12.1 Å². The monoisotopic (exact) mass is 195 g/mol. The molecule has 68 valence electrons. The van der Waals surface area contributed by atoms with E-state index in [-0.39, 0.29) is 11.7 Å². The number of nitrogens with zero attached hydrogens (tertiary/aromatic N) is 1. The minimum Gasteiger partial charge on any atom is -0.508 e. The van der Waals surface area contributed by atoms with Gasteiger partial charge in [0.25, 0.3) is 0 Å². The summed E-state index contributed by atoms with van der Waals surface area (Å²) in [5.74, 6) is -0.103. The zero-order valence-electron chi connectivity index (χ0n) is 7.50. The summed E-state index contributed by atoms with van der Waals surface area (Å²) in [6.45, 7) is 3.50. The highest BCUT2D eigenvalue weighted by atomic mass is 35.5. The van der Waals surface area contributed by atoms with Gasteiger partial charge in [-0.15, -0.1) is 0 Å². The van der Waals surface area contributed by atoms with Gasteiger partial charge in [0.15, 0.2) is 0 Å². The van der Waals surface area contributed by atoms with Crippen molar-refractivity contribution in [3.05, 3.63) is 28.3 Å². The van der Waals surface area contributed by atoms with Crippen LogP contribution >= 0.6 is 11.6 Å². The van der Waals surface area contributed by atoms with E-state index < -0.39 is 0 Å². The molecule has 2 nitrogen and oxygen atoms in total. The maximum absolute atomic E-state index is 9.43. The Kier molecular flexibility index (Phi) is 2.79. The minimum absolute atomic E-state index is 0.143. The van der Waals surface area contributed by atoms with Crippen LogP contribution < -0.4 is 0 Å². The molecule has 0 fully saturated rings. The van der Waals surface area contributed by atoms with E-state index in [1.807, 2.05) is 0 Å². The summed E-state index contributed by atoms with van der Waals surface area (Å²) in [7, 11) is 0. The molecule has 0 bridgehead atoms. The number of benzene rings is 1. The molecule has 0 heterocycles. The Morgan fingerprint density at radius 3 is 2.62 bits per heavy atom. The van der Waals surface area contributed by atoms with Crippen LogP contribution in [0, 0.1) is 18.3 Å². The average Bonchev–Trinajstić information content (AvgIpc) is 2.12. The summed E-state index contributed by atoms with van der Waals surface area (Å²) in [5.41, 5.74) is 1.39. The van der Waals surface area contributed by atoms with E-state index in [4.69, 9.17) is 16.9 Å². The molecule has 1 aromatic carbocycles. The van der Waals surface area contributed by atoms with Crippen LogP contribution in [-0.4, -0.2) is 5.11 Å². The molecule has 1 unspecified atom stereocenters. The lowest BCUT2D eigenvalue weighted by atomic mass is 10.0. The molecule has 1 N–H and O–H groups in total. The highest BCUT2D eigenvalue weighted by Crippen LogP contribution is 2.29. The van der Waals surface area contributed by atoms with Gasteiger partial charge >= 0.3 is 0 Å². The molecule has 0 saturated heterocycles. The van der Waals surface area contributed by atoms with Crippen LogP contribution in [0.2, 0.25) is 5.02 Å². The summed E-state index contributed by atoms with van der Waals surface area (Å²) in [4.78, 5) is 0. The third kappa shape index (κ3) is 1.93. The van der Waals surface area contributed by atoms with Crippen molar-refractivity contribution in [2.24, 2.45) is 0 Å². The summed E-state index contributed by atoms with van der Waals surface area (Å²) in [6.07, 6.45) is 0. The van der Waals surface area contributed by atoms with Crippen molar-refractivity contribution in [1.82, 2.24) is 0 Å². The molecule has 1 aromatic rings. The minimum atomic E-state index is -0.246. The molecule has 0 aliphatic rings. The lowest BCUT2D eigenvalue weighted by molar-refractivity contribution is 0.470. The smallest absolute Gasteiger partial charge is 0.120 e. The summed E-state index contributed by atoms with van der Waals surface area (Å²) in [6, 6.07) is 5.38. The largest absolute Gasteiger partial charge is 0.508 e. The number of phenols is 1. The van der Waals surface area contributed by atoms with Gasteiger partial charge in [-0.05, 0) is 31.5 Å². The third-order valence-corrected chi connectivity index (χ3v) is 2.43. The molecule has 0 amide bonds. The number of phenolic OH excluding ortho intramolecular Hbond substituents is 1. The zero-order valence-corrected chi connectivity index (χ0v) is 8.26. The molecule has 0 spiro atoms. The average molecular weight is 196 g/mol. The van der Waals surface area contributed by atoms with E-state index in [1.165, 1.54) is 0 Å². The predicted molar refractivity (Wildman–Crippen MR) is 51.9 cm³/mol. The molecule has 0 aliphatic carbocycles. The van der Waals surface area contributed by atoms with Crippen LogP contribution in [0.4, 0.5) is 0 Å².